The van der Waals surface area contributed by atoms with E-state index in [1.807, 2.05) is 0 Å². The van der Waals surface area contributed by atoms with Gasteiger partial charge in [0.1, 0.15) is 11.6 Å². The molecule has 1 rings (SSSR count). The maximum Gasteiger partial charge on any atom is 0.143 e. The number of nitrogens with one attached hydrogen (secondary N) is 1. The van der Waals surface area contributed by atoms with E-state index in [2.05, 4.69) is 65.6 Å². The SMILES string of the molecule is CCNc1nc(CCOC)nc(C(C)(C)C)c1I. The van der Waals surface area contributed by atoms with Gasteiger partial charge in [-0.15, -0.1) is 0 Å². The van der Waals surface area contributed by atoms with Crippen molar-refractivity contribution in [3.8, 4) is 0 Å². The molecule has 4 nitrogen and oxygen atoms in total. The number of nitrogens with zero attached hydrogens (tertiary/aromatic N) is 2. The third-order valence-corrected chi connectivity index (χ3v) is 3.50. The highest BCUT2D eigenvalue weighted by Gasteiger charge is 2.22. The molecule has 0 aliphatic rings. The minimum atomic E-state index is 0.0193. The van der Waals surface area contributed by atoms with Crippen LogP contribution < -0.4 is 5.32 Å². The molecule has 1 N–H and O–H groups in total. The molecule has 0 unspecified atom stereocenters. The first-order chi connectivity index (χ1) is 8.40. The lowest BCUT2D eigenvalue weighted by molar-refractivity contribution is 0.200. The number of hydrogen-bond donors (Lipinski definition) is 1. The van der Waals surface area contributed by atoms with Crippen molar-refractivity contribution in [1.82, 2.24) is 9.97 Å². The molecule has 5 heteroatoms. The molecule has 0 fully saturated rings. The number of methoxy groups -OCH3 is 1. The molecular weight excluding hydrogens is 341 g/mol. The summed E-state index contributed by atoms with van der Waals surface area (Å²) in [6.45, 7) is 10.1. The third-order valence-electron chi connectivity index (χ3n) is 2.48. The highest BCUT2D eigenvalue weighted by molar-refractivity contribution is 14.1. The summed E-state index contributed by atoms with van der Waals surface area (Å²) in [5, 5.41) is 3.31. The molecule has 0 aliphatic heterocycles. The van der Waals surface area contributed by atoms with Gasteiger partial charge in [0.15, 0.2) is 0 Å². The zero-order chi connectivity index (χ0) is 13.8. The van der Waals surface area contributed by atoms with Gasteiger partial charge >= 0.3 is 0 Å². The first kappa shape index (κ1) is 15.6. The average molecular weight is 363 g/mol. The lowest BCUT2D eigenvalue weighted by atomic mass is 9.92. The molecule has 1 heterocycles. The molecular formula is C13H22IN3O. The van der Waals surface area contributed by atoms with Gasteiger partial charge in [-0.1, -0.05) is 20.8 Å². The van der Waals surface area contributed by atoms with Gasteiger partial charge < -0.3 is 10.1 Å². The third kappa shape index (κ3) is 4.05. The van der Waals surface area contributed by atoms with E-state index in [0.29, 0.717) is 6.61 Å². The van der Waals surface area contributed by atoms with Crippen molar-refractivity contribution in [1.29, 1.82) is 0 Å². The van der Waals surface area contributed by atoms with Crippen LogP contribution >= 0.6 is 22.6 Å². The first-order valence-corrected chi connectivity index (χ1v) is 7.27. The number of anilines is 1. The molecule has 1 aromatic rings. The molecule has 0 radical (unpaired) electrons. The molecule has 0 aromatic carbocycles. The molecule has 18 heavy (non-hydrogen) atoms. The highest BCUT2D eigenvalue weighted by atomic mass is 127. The Morgan fingerprint density at radius 2 is 1.94 bits per heavy atom. The Hall–Kier alpha value is -0.430. The number of hydrogen-bond acceptors (Lipinski definition) is 4. The molecule has 1 aromatic heterocycles. The molecule has 102 valence electrons. The van der Waals surface area contributed by atoms with Crippen LogP contribution in [0.25, 0.3) is 0 Å². The van der Waals surface area contributed by atoms with E-state index >= 15 is 0 Å². The molecule has 0 spiro atoms. The van der Waals surface area contributed by atoms with Crippen LogP contribution in [0.3, 0.4) is 0 Å². The molecule has 0 atom stereocenters. The highest BCUT2D eigenvalue weighted by Crippen LogP contribution is 2.29. The van der Waals surface area contributed by atoms with Crippen molar-refractivity contribution >= 4 is 28.4 Å². The lowest BCUT2D eigenvalue weighted by Gasteiger charge is -2.22. The molecule has 0 saturated heterocycles. The van der Waals surface area contributed by atoms with Gasteiger partial charge in [-0.2, -0.15) is 0 Å². The van der Waals surface area contributed by atoms with Gasteiger partial charge in [0.2, 0.25) is 0 Å². The smallest absolute Gasteiger partial charge is 0.143 e. The van der Waals surface area contributed by atoms with E-state index in [9.17, 15) is 0 Å². The van der Waals surface area contributed by atoms with E-state index in [-0.39, 0.29) is 5.41 Å². The Morgan fingerprint density at radius 3 is 2.44 bits per heavy atom. The predicted molar refractivity (Wildman–Crippen MR) is 83.2 cm³/mol. The summed E-state index contributed by atoms with van der Waals surface area (Å²) >= 11 is 2.33. The van der Waals surface area contributed by atoms with E-state index in [1.165, 1.54) is 0 Å². The van der Waals surface area contributed by atoms with Crippen LogP contribution in [0.5, 0.6) is 0 Å². The number of aromatic nitrogens is 2. The normalized spacial score (nSPS) is 11.7. The van der Waals surface area contributed by atoms with Crippen molar-refractivity contribution in [3.05, 3.63) is 15.1 Å². The van der Waals surface area contributed by atoms with E-state index in [0.717, 1.165) is 33.9 Å². The van der Waals surface area contributed by atoms with Gasteiger partial charge in [0.25, 0.3) is 0 Å². The van der Waals surface area contributed by atoms with Crippen LogP contribution in [0.15, 0.2) is 0 Å². The second-order valence-corrected chi connectivity index (χ2v) is 6.25. The Bertz CT molecular complexity index is 402. The van der Waals surface area contributed by atoms with E-state index < -0.39 is 0 Å². The number of rotatable bonds is 5. The summed E-state index contributed by atoms with van der Waals surface area (Å²) in [5.74, 6) is 1.78. The monoisotopic (exact) mass is 363 g/mol. The largest absolute Gasteiger partial charge is 0.384 e. The summed E-state index contributed by atoms with van der Waals surface area (Å²) in [6.07, 6.45) is 0.745. The fourth-order valence-electron chi connectivity index (χ4n) is 1.58. The zero-order valence-electron chi connectivity index (χ0n) is 11.8. The van der Waals surface area contributed by atoms with Crippen molar-refractivity contribution < 1.29 is 4.74 Å². The van der Waals surface area contributed by atoms with Crippen molar-refractivity contribution in [2.24, 2.45) is 0 Å². The number of ether oxygens (including phenoxy) is 1. The minimum absolute atomic E-state index is 0.0193. The minimum Gasteiger partial charge on any atom is -0.384 e. The van der Waals surface area contributed by atoms with Crippen molar-refractivity contribution in [2.45, 2.75) is 39.5 Å². The van der Waals surface area contributed by atoms with Crippen molar-refractivity contribution in [3.63, 3.8) is 0 Å². The predicted octanol–water partition coefficient (Wildman–Crippen LogP) is 3.00. The molecule has 0 saturated carbocycles. The Morgan fingerprint density at radius 1 is 1.28 bits per heavy atom. The fraction of sp³-hybridized carbons (Fsp3) is 0.692. The van der Waals surface area contributed by atoms with Crippen LogP contribution in [0, 0.1) is 3.57 Å². The van der Waals surface area contributed by atoms with Crippen LogP contribution in [0.4, 0.5) is 5.82 Å². The standard InChI is InChI=1S/C13H22IN3O/c1-6-15-12-10(14)11(13(2,3)4)16-9(17-12)7-8-18-5/h6-8H2,1-5H3,(H,15,16,17). The van der Waals surface area contributed by atoms with Gasteiger partial charge in [-0.25, -0.2) is 9.97 Å². The Labute approximate surface area is 123 Å². The topological polar surface area (TPSA) is 47.0 Å². The van der Waals surface area contributed by atoms with E-state index in [1.54, 1.807) is 7.11 Å². The summed E-state index contributed by atoms with van der Waals surface area (Å²) in [6, 6.07) is 0. The van der Waals surface area contributed by atoms with Crippen LogP contribution in [-0.2, 0) is 16.6 Å². The van der Waals surface area contributed by atoms with Crippen molar-refractivity contribution in [2.75, 3.05) is 25.6 Å². The first-order valence-electron chi connectivity index (χ1n) is 6.19. The quantitative estimate of drug-likeness (QED) is 0.817. The summed E-state index contributed by atoms with van der Waals surface area (Å²) < 4.78 is 6.21. The van der Waals surface area contributed by atoms with Crippen LogP contribution in [0.1, 0.15) is 39.2 Å². The summed E-state index contributed by atoms with van der Waals surface area (Å²) in [7, 11) is 1.70. The zero-order valence-corrected chi connectivity index (χ0v) is 14.0. The second-order valence-electron chi connectivity index (χ2n) is 5.17. The molecule has 0 aliphatic carbocycles. The number of halogens is 1. The van der Waals surface area contributed by atoms with Crippen LogP contribution in [-0.4, -0.2) is 30.2 Å². The summed E-state index contributed by atoms with van der Waals surface area (Å²) in [4.78, 5) is 9.25. The molecule has 0 bridgehead atoms. The fourth-order valence-corrected chi connectivity index (χ4v) is 2.82. The average Bonchev–Trinajstić information content (AvgIpc) is 2.28. The maximum atomic E-state index is 5.10. The lowest BCUT2D eigenvalue weighted by Crippen LogP contribution is -2.20. The Kier molecular flexibility index (Phi) is 5.78. The van der Waals surface area contributed by atoms with Gasteiger partial charge in [0.05, 0.1) is 15.9 Å². The Balaban J connectivity index is 3.19. The van der Waals surface area contributed by atoms with Gasteiger partial charge in [0, 0.05) is 25.5 Å². The molecule has 0 amide bonds. The van der Waals surface area contributed by atoms with E-state index in [4.69, 9.17) is 4.74 Å². The second kappa shape index (κ2) is 6.65. The van der Waals surface area contributed by atoms with Gasteiger partial charge in [-0.3, -0.25) is 0 Å². The summed E-state index contributed by atoms with van der Waals surface area (Å²) in [5.41, 5.74) is 1.12. The van der Waals surface area contributed by atoms with Gasteiger partial charge in [-0.05, 0) is 29.5 Å². The van der Waals surface area contributed by atoms with Crippen LogP contribution in [0.2, 0.25) is 0 Å². The maximum absolute atomic E-state index is 5.10.